The summed E-state index contributed by atoms with van der Waals surface area (Å²) in [6, 6.07) is 5.25. The van der Waals surface area contributed by atoms with E-state index in [0.29, 0.717) is 5.02 Å². The summed E-state index contributed by atoms with van der Waals surface area (Å²) in [5.41, 5.74) is 1.42. The molecule has 0 fully saturated rings. The molecule has 16 heavy (non-hydrogen) atoms. The van der Waals surface area contributed by atoms with Crippen molar-refractivity contribution in [3.05, 3.63) is 28.8 Å². The summed E-state index contributed by atoms with van der Waals surface area (Å²) >= 11 is 5.88. The molecule has 0 heterocycles. The Bertz CT molecular complexity index is 375. The Labute approximate surface area is 103 Å². The number of hydrogen-bond donors (Lipinski definition) is 0. The molecule has 0 saturated carbocycles. The van der Waals surface area contributed by atoms with Crippen LogP contribution in [0.1, 0.15) is 46.6 Å². The van der Waals surface area contributed by atoms with Crippen LogP contribution >= 0.6 is 11.6 Å². The first-order chi connectivity index (χ1) is 7.12. The fourth-order valence-corrected chi connectivity index (χ4v) is 2.53. The highest BCUT2D eigenvalue weighted by molar-refractivity contribution is 6.32. The van der Waals surface area contributed by atoms with Gasteiger partial charge < -0.3 is 0 Å². The second kappa shape index (κ2) is 4.29. The van der Waals surface area contributed by atoms with Crippen molar-refractivity contribution >= 4 is 11.6 Å². The lowest BCUT2D eigenvalue weighted by atomic mass is 9.72. The zero-order valence-electron chi connectivity index (χ0n) is 10.7. The molecule has 0 saturated heterocycles. The molecule has 2 heteroatoms. The predicted octanol–water partition coefficient (Wildman–Crippen LogP) is 5.20. The van der Waals surface area contributed by atoms with Crippen LogP contribution in [0.4, 0.5) is 0 Å². The van der Waals surface area contributed by atoms with Crippen LogP contribution in [0, 0.1) is 5.41 Å². The summed E-state index contributed by atoms with van der Waals surface area (Å²) in [5, 5.41) is 11.6. The maximum Gasteiger partial charge on any atom is 0.197 e. The fourth-order valence-electron chi connectivity index (χ4n) is 2.35. The van der Waals surface area contributed by atoms with Crippen LogP contribution in [0.25, 0.3) is 0 Å². The van der Waals surface area contributed by atoms with Crippen molar-refractivity contribution in [3.63, 3.8) is 0 Å². The van der Waals surface area contributed by atoms with Crippen molar-refractivity contribution < 1.29 is 5.11 Å². The SMILES string of the molecule is CC(C)(C)CC(C)(C)c1ccc([O])c(Cl)c1. The van der Waals surface area contributed by atoms with Gasteiger partial charge in [0, 0.05) is 0 Å². The molecule has 1 aromatic carbocycles. The van der Waals surface area contributed by atoms with Gasteiger partial charge in [-0.2, -0.15) is 0 Å². The average Bonchev–Trinajstić information content (AvgIpc) is 2.05. The molecule has 0 aliphatic heterocycles. The Hall–Kier alpha value is -0.690. The first kappa shape index (κ1) is 13.4. The highest BCUT2D eigenvalue weighted by Gasteiger charge is 2.27. The minimum atomic E-state index is -0.100. The summed E-state index contributed by atoms with van der Waals surface area (Å²) in [4.78, 5) is 0. The van der Waals surface area contributed by atoms with E-state index in [0.717, 1.165) is 12.0 Å². The lowest BCUT2D eigenvalue weighted by Gasteiger charge is -2.33. The molecular weight excluding hydrogens is 220 g/mol. The third kappa shape index (κ3) is 3.41. The van der Waals surface area contributed by atoms with E-state index in [1.807, 2.05) is 6.07 Å². The normalized spacial score (nSPS) is 12.9. The Morgan fingerprint density at radius 3 is 2.12 bits per heavy atom. The van der Waals surface area contributed by atoms with Crippen molar-refractivity contribution in [1.29, 1.82) is 0 Å². The second-order valence-corrected chi connectivity index (χ2v) is 6.67. The minimum absolute atomic E-state index is 0.0373. The van der Waals surface area contributed by atoms with Gasteiger partial charge >= 0.3 is 0 Å². The Morgan fingerprint density at radius 2 is 1.69 bits per heavy atom. The lowest BCUT2D eigenvalue weighted by Crippen LogP contribution is -2.24. The van der Waals surface area contributed by atoms with Crippen LogP contribution in [0.3, 0.4) is 0 Å². The van der Waals surface area contributed by atoms with Crippen molar-refractivity contribution in [2.75, 3.05) is 0 Å². The third-order valence-electron chi connectivity index (χ3n) is 2.69. The molecule has 0 aromatic heterocycles. The Morgan fingerprint density at radius 1 is 1.12 bits per heavy atom. The van der Waals surface area contributed by atoms with E-state index in [-0.39, 0.29) is 16.6 Å². The van der Waals surface area contributed by atoms with Gasteiger partial charge in [-0.15, -0.1) is 0 Å². The van der Waals surface area contributed by atoms with E-state index in [4.69, 9.17) is 11.6 Å². The summed E-state index contributed by atoms with van der Waals surface area (Å²) in [6.45, 7) is 11.0. The van der Waals surface area contributed by atoms with Crippen LogP contribution in [0.15, 0.2) is 18.2 Å². The van der Waals surface area contributed by atoms with Crippen LogP contribution < -0.4 is 0 Å². The molecule has 89 valence electrons. The topological polar surface area (TPSA) is 19.9 Å². The smallest absolute Gasteiger partial charge is 0.197 e. The summed E-state index contributed by atoms with van der Waals surface area (Å²) < 4.78 is 0. The number of benzene rings is 1. The van der Waals surface area contributed by atoms with E-state index < -0.39 is 0 Å². The average molecular weight is 240 g/mol. The number of rotatable bonds is 2. The number of halogens is 1. The maximum atomic E-state index is 11.3. The van der Waals surface area contributed by atoms with Crippen LogP contribution in [0.5, 0.6) is 5.75 Å². The molecule has 0 atom stereocenters. The van der Waals surface area contributed by atoms with Crippen LogP contribution in [-0.4, -0.2) is 0 Å². The molecule has 0 N–H and O–H groups in total. The number of hydrogen-bond acceptors (Lipinski definition) is 0. The molecule has 0 spiro atoms. The Kier molecular flexibility index (Phi) is 3.59. The largest absolute Gasteiger partial charge is 0.288 e. The summed E-state index contributed by atoms with van der Waals surface area (Å²) in [5.74, 6) is -0.100. The molecule has 1 aromatic rings. The van der Waals surface area contributed by atoms with Crippen LogP contribution in [0.2, 0.25) is 5.02 Å². The van der Waals surface area contributed by atoms with E-state index >= 15 is 0 Å². The zero-order valence-corrected chi connectivity index (χ0v) is 11.5. The molecular formula is C14H20ClO. The highest BCUT2D eigenvalue weighted by atomic mass is 35.5. The maximum absolute atomic E-state index is 11.3. The lowest BCUT2D eigenvalue weighted by molar-refractivity contribution is 0.284. The van der Waals surface area contributed by atoms with Crippen molar-refractivity contribution in [1.82, 2.24) is 0 Å². The molecule has 1 nitrogen and oxygen atoms in total. The van der Waals surface area contributed by atoms with E-state index in [2.05, 4.69) is 34.6 Å². The van der Waals surface area contributed by atoms with Gasteiger partial charge in [-0.1, -0.05) is 52.3 Å². The van der Waals surface area contributed by atoms with Gasteiger partial charge in [0.1, 0.15) is 0 Å². The summed E-state index contributed by atoms with van der Waals surface area (Å²) in [7, 11) is 0. The van der Waals surface area contributed by atoms with Gasteiger partial charge in [0.2, 0.25) is 0 Å². The molecule has 0 amide bonds. The first-order valence-electron chi connectivity index (χ1n) is 5.59. The quantitative estimate of drug-likeness (QED) is 0.676. The molecule has 0 bridgehead atoms. The molecule has 1 rings (SSSR count). The highest BCUT2D eigenvalue weighted by Crippen LogP contribution is 2.38. The van der Waals surface area contributed by atoms with Crippen LogP contribution in [-0.2, 0) is 10.5 Å². The Balaban J connectivity index is 3.02. The molecule has 0 unspecified atom stereocenters. The minimum Gasteiger partial charge on any atom is -0.288 e. The van der Waals surface area contributed by atoms with E-state index in [9.17, 15) is 5.11 Å². The standard InChI is InChI=1S/C14H20ClO/c1-13(2,3)9-14(4,5)10-6-7-12(16)11(15)8-10/h6-8H,9H2,1-5H3. The zero-order chi connectivity index (χ0) is 12.6. The second-order valence-electron chi connectivity index (χ2n) is 6.27. The monoisotopic (exact) mass is 239 g/mol. The van der Waals surface area contributed by atoms with Crippen molar-refractivity contribution in [3.8, 4) is 5.75 Å². The van der Waals surface area contributed by atoms with Gasteiger partial charge in [0.25, 0.3) is 0 Å². The third-order valence-corrected chi connectivity index (χ3v) is 2.98. The predicted molar refractivity (Wildman–Crippen MR) is 68.7 cm³/mol. The van der Waals surface area contributed by atoms with Crippen molar-refractivity contribution in [2.45, 2.75) is 46.5 Å². The van der Waals surface area contributed by atoms with Gasteiger partial charge in [-0.3, -0.25) is 5.11 Å². The molecule has 1 radical (unpaired) electrons. The van der Waals surface area contributed by atoms with E-state index in [1.165, 1.54) is 0 Å². The molecule has 0 aliphatic rings. The van der Waals surface area contributed by atoms with Crippen molar-refractivity contribution in [2.24, 2.45) is 5.41 Å². The van der Waals surface area contributed by atoms with Gasteiger partial charge in [-0.05, 0) is 34.9 Å². The fraction of sp³-hybridized carbons (Fsp3) is 0.571. The van der Waals surface area contributed by atoms with Gasteiger partial charge in [0.05, 0.1) is 5.02 Å². The summed E-state index contributed by atoms with van der Waals surface area (Å²) in [6.07, 6.45) is 1.05. The molecule has 0 aliphatic carbocycles. The van der Waals surface area contributed by atoms with E-state index in [1.54, 1.807) is 12.1 Å². The van der Waals surface area contributed by atoms with Gasteiger partial charge in [-0.25, -0.2) is 0 Å². The van der Waals surface area contributed by atoms with Gasteiger partial charge in [0.15, 0.2) is 5.75 Å². The first-order valence-corrected chi connectivity index (χ1v) is 5.97.